The summed E-state index contributed by atoms with van der Waals surface area (Å²) in [7, 11) is 0. The Morgan fingerprint density at radius 3 is 2.89 bits per heavy atom. The molecule has 0 saturated heterocycles. The van der Waals surface area contributed by atoms with Gasteiger partial charge in [0.15, 0.2) is 11.6 Å². The van der Waals surface area contributed by atoms with Crippen LogP contribution in [0.4, 0.5) is 4.39 Å². The van der Waals surface area contributed by atoms with Crippen LogP contribution in [0.1, 0.15) is 16.7 Å². The molecule has 1 heterocycles. The van der Waals surface area contributed by atoms with Crippen molar-refractivity contribution < 1.29 is 9.13 Å². The predicted molar refractivity (Wildman–Crippen MR) is 67.6 cm³/mol. The second kappa shape index (κ2) is 5.60. The average molecular weight is 246 g/mol. The van der Waals surface area contributed by atoms with Crippen molar-refractivity contribution in [2.45, 2.75) is 20.1 Å². The molecule has 3 nitrogen and oxygen atoms in total. The zero-order valence-corrected chi connectivity index (χ0v) is 10.2. The fourth-order valence-electron chi connectivity index (χ4n) is 1.73. The first-order valence-electron chi connectivity index (χ1n) is 5.71. The van der Waals surface area contributed by atoms with Crippen molar-refractivity contribution in [3.8, 4) is 5.75 Å². The van der Waals surface area contributed by atoms with Gasteiger partial charge >= 0.3 is 0 Å². The normalized spacial score (nSPS) is 10.4. The lowest BCUT2D eigenvalue weighted by molar-refractivity contribution is 0.286. The zero-order chi connectivity index (χ0) is 13.0. The highest BCUT2D eigenvalue weighted by molar-refractivity contribution is 5.35. The molecule has 0 aliphatic carbocycles. The molecule has 0 aliphatic heterocycles. The van der Waals surface area contributed by atoms with Gasteiger partial charge in [-0.05, 0) is 24.6 Å². The van der Waals surface area contributed by atoms with Crippen molar-refractivity contribution in [2.75, 3.05) is 0 Å². The summed E-state index contributed by atoms with van der Waals surface area (Å²) in [6.07, 6.45) is 3.47. The van der Waals surface area contributed by atoms with Gasteiger partial charge in [-0.3, -0.25) is 4.98 Å². The van der Waals surface area contributed by atoms with E-state index in [0.717, 1.165) is 11.1 Å². The summed E-state index contributed by atoms with van der Waals surface area (Å²) in [6, 6.07) is 6.70. The first-order chi connectivity index (χ1) is 8.70. The fourth-order valence-corrected chi connectivity index (χ4v) is 1.73. The third-order valence-corrected chi connectivity index (χ3v) is 2.58. The zero-order valence-electron chi connectivity index (χ0n) is 10.2. The summed E-state index contributed by atoms with van der Waals surface area (Å²) < 4.78 is 19.1. The molecule has 1 aromatic carbocycles. The molecular formula is C14H15FN2O. The Morgan fingerprint density at radius 1 is 1.33 bits per heavy atom. The molecule has 0 radical (unpaired) electrons. The number of rotatable bonds is 4. The van der Waals surface area contributed by atoms with Gasteiger partial charge in [0.2, 0.25) is 0 Å². The molecule has 2 aromatic rings. The Morgan fingerprint density at radius 2 is 2.17 bits per heavy atom. The summed E-state index contributed by atoms with van der Waals surface area (Å²) in [6.45, 7) is 2.48. The number of para-hydroxylation sites is 1. The Bertz CT molecular complexity index is 543. The highest BCUT2D eigenvalue weighted by Crippen LogP contribution is 2.23. The van der Waals surface area contributed by atoms with Crippen LogP contribution < -0.4 is 10.5 Å². The third-order valence-electron chi connectivity index (χ3n) is 2.58. The first kappa shape index (κ1) is 12.5. The van der Waals surface area contributed by atoms with Gasteiger partial charge in [0.05, 0.1) is 0 Å². The number of nitrogens with zero attached hydrogens (tertiary/aromatic N) is 1. The van der Waals surface area contributed by atoms with Crippen LogP contribution in [0.5, 0.6) is 5.75 Å². The van der Waals surface area contributed by atoms with Gasteiger partial charge in [0, 0.05) is 30.1 Å². The lowest BCUT2D eigenvalue weighted by atomic mass is 10.2. The van der Waals surface area contributed by atoms with Crippen molar-refractivity contribution in [3.63, 3.8) is 0 Å². The van der Waals surface area contributed by atoms with E-state index in [1.165, 1.54) is 6.07 Å². The molecule has 0 unspecified atom stereocenters. The van der Waals surface area contributed by atoms with Crippen molar-refractivity contribution in [3.05, 3.63) is 59.2 Å². The number of aromatic nitrogens is 1. The topological polar surface area (TPSA) is 48.1 Å². The molecule has 0 saturated carbocycles. The molecule has 0 amide bonds. The summed E-state index contributed by atoms with van der Waals surface area (Å²) in [5, 5.41) is 0. The van der Waals surface area contributed by atoms with Crippen LogP contribution in [-0.2, 0) is 13.2 Å². The van der Waals surface area contributed by atoms with Crippen LogP contribution in [-0.4, -0.2) is 4.98 Å². The van der Waals surface area contributed by atoms with E-state index in [9.17, 15) is 4.39 Å². The fraction of sp³-hybridized carbons (Fsp3) is 0.214. The smallest absolute Gasteiger partial charge is 0.165 e. The monoisotopic (exact) mass is 246 g/mol. The third kappa shape index (κ3) is 2.84. The maximum atomic E-state index is 13.6. The van der Waals surface area contributed by atoms with Crippen LogP contribution in [0.25, 0.3) is 0 Å². The van der Waals surface area contributed by atoms with E-state index in [1.807, 2.05) is 13.0 Å². The number of pyridine rings is 1. The Kier molecular flexibility index (Phi) is 3.89. The molecule has 18 heavy (non-hydrogen) atoms. The van der Waals surface area contributed by atoms with E-state index in [2.05, 4.69) is 4.98 Å². The van der Waals surface area contributed by atoms with E-state index in [4.69, 9.17) is 10.5 Å². The number of hydrogen-bond acceptors (Lipinski definition) is 3. The average Bonchev–Trinajstić information content (AvgIpc) is 2.37. The summed E-state index contributed by atoms with van der Waals surface area (Å²) in [5.41, 5.74) is 8.17. The maximum Gasteiger partial charge on any atom is 0.165 e. The molecule has 4 heteroatoms. The van der Waals surface area contributed by atoms with Crippen LogP contribution >= 0.6 is 0 Å². The quantitative estimate of drug-likeness (QED) is 0.902. The van der Waals surface area contributed by atoms with Crippen LogP contribution in [0.15, 0.2) is 36.7 Å². The van der Waals surface area contributed by atoms with Crippen molar-refractivity contribution in [1.29, 1.82) is 0 Å². The lowest BCUT2D eigenvalue weighted by Gasteiger charge is -2.11. The minimum atomic E-state index is -0.390. The van der Waals surface area contributed by atoms with Crippen LogP contribution in [0, 0.1) is 12.7 Å². The van der Waals surface area contributed by atoms with Crippen molar-refractivity contribution >= 4 is 0 Å². The SMILES string of the molecule is Cc1cncc(COc2c(F)cccc2CN)c1. The molecule has 0 bridgehead atoms. The molecule has 1 aromatic heterocycles. The van der Waals surface area contributed by atoms with E-state index in [0.29, 0.717) is 5.56 Å². The molecule has 0 atom stereocenters. The van der Waals surface area contributed by atoms with E-state index in [1.54, 1.807) is 24.5 Å². The number of benzene rings is 1. The summed E-state index contributed by atoms with van der Waals surface area (Å²) in [4.78, 5) is 4.06. The molecule has 0 fully saturated rings. The van der Waals surface area contributed by atoms with E-state index in [-0.39, 0.29) is 18.9 Å². The first-order valence-corrected chi connectivity index (χ1v) is 5.71. The Balaban J connectivity index is 2.15. The van der Waals surface area contributed by atoms with Crippen LogP contribution in [0.2, 0.25) is 0 Å². The summed E-state index contributed by atoms with van der Waals surface area (Å²) in [5.74, 6) is -0.167. The second-order valence-electron chi connectivity index (χ2n) is 4.09. The standard InChI is InChI=1S/C14H15FN2O/c1-10-5-11(8-17-7-10)9-18-14-12(6-16)3-2-4-13(14)15/h2-5,7-8H,6,9,16H2,1H3. The minimum Gasteiger partial charge on any atom is -0.485 e. The Hall–Kier alpha value is -1.94. The predicted octanol–water partition coefficient (Wildman–Crippen LogP) is 2.57. The maximum absolute atomic E-state index is 13.6. The van der Waals surface area contributed by atoms with E-state index < -0.39 is 5.82 Å². The highest BCUT2D eigenvalue weighted by atomic mass is 19.1. The van der Waals surface area contributed by atoms with Crippen LogP contribution in [0.3, 0.4) is 0 Å². The van der Waals surface area contributed by atoms with E-state index >= 15 is 0 Å². The van der Waals surface area contributed by atoms with Gasteiger partial charge < -0.3 is 10.5 Å². The van der Waals surface area contributed by atoms with Gasteiger partial charge in [-0.2, -0.15) is 0 Å². The lowest BCUT2D eigenvalue weighted by Crippen LogP contribution is -2.05. The molecule has 0 spiro atoms. The molecule has 0 aliphatic rings. The van der Waals surface area contributed by atoms with Gasteiger partial charge in [0.1, 0.15) is 6.61 Å². The highest BCUT2D eigenvalue weighted by Gasteiger charge is 2.08. The largest absolute Gasteiger partial charge is 0.485 e. The number of ether oxygens (including phenoxy) is 1. The molecular weight excluding hydrogens is 231 g/mol. The molecule has 94 valence electrons. The van der Waals surface area contributed by atoms with Gasteiger partial charge in [0.25, 0.3) is 0 Å². The van der Waals surface area contributed by atoms with Crippen molar-refractivity contribution in [2.24, 2.45) is 5.73 Å². The van der Waals surface area contributed by atoms with Gasteiger partial charge in [-0.1, -0.05) is 12.1 Å². The minimum absolute atomic E-state index is 0.224. The van der Waals surface area contributed by atoms with Gasteiger partial charge in [-0.15, -0.1) is 0 Å². The Labute approximate surface area is 105 Å². The summed E-state index contributed by atoms with van der Waals surface area (Å²) >= 11 is 0. The van der Waals surface area contributed by atoms with Crippen molar-refractivity contribution in [1.82, 2.24) is 4.98 Å². The number of halogens is 1. The molecule has 2 N–H and O–H groups in total. The number of hydrogen-bond donors (Lipinski definition) is 1. The van der Waals surface area contributed by atoms with Gasteiger partial charge in [-0.25, -0.2) is 4.39 Å². The number of nitrogens with two attached hydrogens (primary N) is 1. The number of aryl methyl sites for hydroxylation is 1. The second-order valence-corrected chi connectivity index (χ2v) is 4.09. The molecule has 2 rings (SSSR count).